The molecule has 1 aliphatic rings. The first kappa shape index (κ1) is 19.8. The number of carbonyl (C=O) groups is 2. The second-order valence-electron chi connectivity index (χ2n) is 7.32. The number of anilines is 1. The molecule has 30 heavy (non-hydrogen) atoms. The molecular weight excluding hydrogens is 385 g/mol. The SMILES string of the molecule is O=C(NC[C@H](c1ccco1)[NH+]1CCc2ccccc2C1)C(=O)Nc1ccccc1F. The van der Waals surface area contributed by atoms with Gasteiger partial charge in [-0.25, -0.2) is 4.39 Å². The van der Waals surface area contributed by atoms with E-state index >= 15 is 0 Å². The Kier molecular flexibility index (Phi) is 5.90. The standard InChI is InChI=1S/C23H22FN3O3/c24-18-8-3-4-9-19(18)26-23(29)22(28)25-14-20(21-10-5-13-30-21)27-12-11-16-6-1-2-7-17(16)15-27/h1-10,13,20H,11-12,14-15H2,(H,25,28)(H,26,29)/p+1/t20-/m1/s1. The van der Waals surface area contributed by atoms with E-state index in [1.165, 1.54) is 34.2 Å². The third kappa shape index (κ3) is 4.41. The molecule has 1 aliphatic heterocycles. The Morgan fingerprint density at radius 2 is 1.77 bits per heavy atom. The number of nitrogens with one attached hydrogen (secondary N) is 3. The molecule has 3 N–H and O–H groups in total. The number of fused-ring (bicyclic) bond motifs is 1. The third-order valence-electron chi connectivity index (χ3n) is 5.43. The third-order valence-corrected chi connectivity index (χ3v) is 5.43. The quantitative estimate of drug-likeness (QED) is 0.564. The largest absolute Gasteiger partial charge is 0.463 e. The summed E-state index contributed by atoms with van der Waals surface area (Å²) in [7, 11) is 0. The Balaban J connectivity index is 1.43. The molecule has 0 saturated heterocycles. The van der Waals surface area contributed by atoms with Crippen molar-refractivity contribution >= 4 is 17.5 Å². The van der Waals surface area contributed by atoms with E-state index in [1.807, 2.05) is 24.3 Å². The minimum Gasteiger partial charge on any atom is -0.463 e. The molecular formula is C23H23FN3O3+. The van der Waals surface area contributed by atoms with Crippen LogP contribution in [0.15, 0.2) is 71.3 Å². The molecule has 0 radical (unpaired) electrons. The number of halogens is 1. The monoisotopic (exact) mass is 408 g/mol. The normalized spacial score (nSPS) is 16.4. The first-order valence-corrected chi connectivity index (χ1v) is 9.90. The van der Waals surface area contributed by atoms with Crippen molar-refractivity contribution in [1.82, 2.24) is 5.32 Å². The fourth-order valence-electron chi connectivity index (χ4n) is 3.85. The van der Waals surface area contributed by atoms with Gasteiger partial charge in [0.05, 0.1) is 25.0 Å². The average molecular weight is 408 g/mol. The highest BCUT2D eigenvalue weighted by Gasteiger charge is 2.31. The lowest BCUT2D eigenvalue weighted by Crippen LogP contribution is -3.12. The molecule has 0 bridgehead atoms. The Morgan fingerprint density at radius 3 is 2.53 bits per heavy atom. The summed E-state index contributed by atoms with van der Waals surface area (Å²) in [5.41, 5.74) is 2.59. The highest BCUT2D eigenvalue weighted by molar-refractivity contribution is 6.39. The summed E-state index contributed by atoms with van der Waals surface area (Å²) < 4.78 is 19.3. The van der Waals surface area contributed by atoms with Crippen LogP contribution in [0.3, 0.4) is 0 Å². The molecule has 3 aromatic rings. The Morgan fingerprint density at radius 1 is 1.00 bits per heavy atom. The first-order chi connectivity index (χ1) is 14.6. The lowest BCUT2D eigenvalue weighted by molar-refractivity contribution is -0.946. The average Bonchev–Trinajstić information content (AvgIpc) is 3.30. The molecule has 0 aliphatic carbocycles. The lowest BCUT2D eigenvalue weighted by atomic mass is 9.98. The topological polar surface area (TPSA) is 75.8 Å². The fraction of sp³-hybridized carbons (Fsp3) is 0.217. The number of furan rings is 1. The van der Waals surface area contributed by atoms with Crippen molar-refractivity contribution in [2.45, 2.75) is 19.0 Å². The molecule has 1 aromatic heterocycles. The molecule has 0 saturated carbocycles. The Labute approximate surface area is 173 Å². The highest BCUT2D eigenvalue weighted by atomic mass is 19.1. The summed E-state index contributed by atoms with van der Waals surface area (Å²) in [6, 6.07) is 17.6. The summed E-state index contributed by atoms with van der Waals surface area (Å²) in [5, 5.41) is 4.98. The van der Waals surface area contributed by atoms with Gasteiger partial charge in [-0.1, -0.05) is 36.4 Å². The number of quaternary nitrogens is 1. The van der Waals surface area contributed by atoms with Crippen LogP contribution >= 0.6 is 0 Å². The number of amides is 2. The zero-order chi connectivity index (χ0) is 20.9. The minimum atomic E-state index is -0.905. The summed E-state index contributed by atoms with van der Waals surface area (Å²) in [6.07, 6.45) is 2.54. The van der Waals surface area contributed by atoms with Crippen molar-refractivity contribution in [3.8, 4) is 0 Å². The van der Waals surface area contributed by atoms with Crippen molar-refractivity contribution in [3.63, 3.8) is 0 Å². The van der Waals surface area contributed by atoms with Gasteiger partial charge in [-0.05, 0) is 29.8 Å². The maximum Gasteiger partial charge on any atom is 0.313 e. The van der Waals surface area contributed by atoms with Crippen LogP contribution in [0.1, 0.15) is 22.9 Å². The van der Waals surface area contributed by atoms with Gasteiger partial charge in [-0.2, -0.15) is 0 Å². The van der Waals surface area contributed by atoms with Crippen molar-refractivity contribution in [3.05, 3.63) is 89.6 Å². The van der Waals surface area contributed by atoms with Crippen LogP contribution in [-0.2, 0) is 22.6 Å². The van der Waals surface area contributed by atoms with Crippen LogP contribution in [0, 0.1) is 5.82 Å². The molecule has 0 spiro atoms. The van der Waals surface area contributed by atoms with Gasteiger partial charge in [-0.15, -0.1) is 0 Å². The van der Waals surface area contributed by atoms with Crippen LogP contribution < -0.4 is 15.5 Å². The Hall–Kier alpha value is -3.45. The van der Waals surface area contributed by atoms with E-state index in [1.54, 1.807) is 12.3 Å². The van der Waals surface area contributed by atoms with Crippen molar-refractivity contribution < 1.29 is 23.3 Å². The van der Waals surface area contributed by atoms with Gasteiger partial charge >= 0.3 is 11.8 Å². The molecule has 0 fully saturated rings. The van der Waals surface area contributed by atoms with E-state index in [0.717, 1.165) is 25.3 Å². The van der Waals surface area contributed by atoms with E-state index in [2.05, 4.69) is 22.8 Å². The van der Waals surface area contributed by atoms with Gasteiger partial charge in [0.25, 0.3) is 0 Å². The predicted octanol–water partition coefficient (Wildman–Crippen LogP) is 1.86. The molecule has 2 atom stereocenters. The second kappa shape index (κ2) is 8.92. The smallest absolute Gasteiger partial charge is 0.313 e. The van der Waals surface area contributed by atoms with E-state index in [0.29, 0.717) is 0 Å². The van der Waals surface area contributed by atoms with Gasteiger partial charge < -0.3 is 20.0 Å². The van der Waals surface area contributed by atoms with E-state index in [9.17, 15) is 14.0 Å². The number of hydrogen-bond acceptors (Lipinski definition) is 3. The van der Waals surface area contributed by atoms with Gasteiger partial charge in [0.1, 0.15) is 12.4 Å². The maximum absolute atomic E-state index is 13.7. The summed E-state index contributed by atoms with van der Waals surface area (Å²) in [6.45, 7) is 1.92. The lowest BCUT2D eigenvalue weighted by Gasteiger charge is -2.31. The number of benzene rings is 2. The molecule has 4 rings (SSSR count). The van der Waals surface area contributed by atoms with Crippen molar-refractivity contribution in [2.24, 2.45) is 0 Å². The van der Waals surface area contributed by atoms with Crippen LogP contribution in [0.4, 0.5) is 10.1 Å². The Bertz CT molecular complexity index is 1040. The van der Waals surface area contributed by atoms with Gasteiger partial charge in [-0.3, -0.25) is 9.59 Å². The fourth-order valence-corrected chi connectivity index (χ4v) is 3.85. The van der Waals surface area contributed by atoms with E-state index in [4.69, 9.17) is 4.42 Å². The number of rotatable bonds is 5. The zero-order valence-corrected chi connectivity index (χ0v) is 16.4. The second-order valence-corrected chi connectivity index (χ2v) is 7.32. The molecule has 2 amide bonds. The highest BCUT2D eigenvalue weighted by Crippen LogP contribution is 2.16. The number of hydrogen-bond donors (Lipinski definition) is 3. The maximum atomic E-state index is 13.7. The molecule has 6 nitrogen and oxygen atoms in total. The summed E-state index contributed by atoms with van der Waals surface area (Å²) in [4.78, 5) is 25.8. The molecule has 154 valence electrons. The summed E-state index contributed by atoms with van der Waals surface area (Å²) in [5.74, 6) is -1.56. The zero-order valence-electron chi connectivity index (χ0n) is 16.4. The molecule has 2 aromatic carbocycles. The minimum absolute atomic E-state index is 0.0292. The van der Waals surface area contributed by atoms with Crippen molar-refractivity contribution in [2.75, 3.05) is 18.4 Å². The van der Waals surface area contributed by atoms with E-state index < -0.39 is 17.6 Å². The van der Waals surface area contributed by atoms with Crippen LogP contribution in [-0.4, -0.2) is 24.9 Å². The summed E-state index contributed by atoms with van der Waals surface area (Å²) >= 11 is 0. The van der Waals surface area contributed by atoms with Crippen molar-refractivity contribution in [1.29, 1.82) is 0 Å². The number of para-hydroxylation sites is 1. The molecule has 1 unspecified atom stereocenters. The van der Waals surface area contributed by atoms with Gasteiger partial charge in [0, 0.05) is 12.0 Å². The van der Waals surface area contributed by atoms with Gasteiger partial charge in [0.2, 0.25) is 0 Å². The van der Waals surface area contributed by atoms with Crippen LogP contribution in [0.5, 0.6) is 0 Å². The van der Waals surface area contributed by atoms with Crippen LogP contribution in [0.2, 0.25) is 0 Å². The van der Waals surface area contributed by atoms with E-state index in [-0.39, 0.29) is 18.3 Å². The molecule has 2 heterocycles. The molecule has 7 heteroatoms. The number of carbonyl (C=O) groups excluding carboxylic acids is 2. The van der Waals surface area contributed by atoms with Gasteiger partial charge in [0.15, 0.2) is 11.8 Å². The predicted molar refractivity (Wildman–Crippen MR) is 109 cm³/mol. The van der Waals surface area contributed by atoms with Crippen LogP contribution in [0.25, 0.3) is 0 Å². The first-order valence-electron chi connectivity index (χ1n) is 9.90.